The number of anilines is 2. The van der Waals surface area contributed by atoms with Crippen LogP contribution >= 0.6 is 15.9 Å². The first kappa shape index (κ1) is 14.4. The minimum atomic E-state index is -0.119. The van der Waals surface area contributed by atoms with Crippen molar-refractivity contribution in [2.45, 2.75) is 6.42 Å². The van der Waals surface area contributed by atoms with E-state index in [1.807, 2.05) is 18.2 Å². The zero-order valence-corrected chi connectivity index (χ0v) is 12.6. The second kappa shape index (κ2) is 6.43. The number of nitrogens with one attached hydrogen (secondary N) is 1. The quantitative estimate of drug-likeness (QED) is 0.843. The Labute approximate surface area is 126 Å². The highest BCUT2D eigenvalue weighted by Gasteiger charge is 2.09. The summed E-state index contributed by atoms with van der Waals surface area (Å²) in [7, 11) is 1.57. The van der Waals surface area contributed by atoms with Crippen molar-refractivity contribution in [3.8, 4) is 5.75 Å². The van der Waals surface area contributed by atoms with Crippen LogP contribution in [0.2, 0.25) is 0 Å². The summed E-state index contributed by atoms with van der Waals surface area (Å²) in [5.41, 5.74) is 7.85. The van der Waals surface area contributed by atoms with Crippen molar-refractivity contribution in [3.05, 3.63) is 52.5 Å². The molecule has 0 spiro atoms. The highest BCUT2D eigenvalue weighted by atomic mass is 79.9. The molecule has 0 unspecified atom stereocenters. The molecular formula is C15H15BrN2O2. The molecule has 1 amide bonds. The number of benzene rings is 2. The van der Waals surface area contributed by atoms with Gasteiger partial charge in [-0.05, 0) is 35.9 Å². The van der Waals surface area contributed by atoms with Gasteiger partial charge < -0.3 is 15.8 Å². The normalized spacial score (nSPS) is 10.1. The van der Waals surface area contributed by atoms with Gasteiger partial charge >= 0.3 is 0 Å². The number of hydrogen-bond acceptors (Lipinski definition) is 3. The van der Waals surface area contributed by atoms with E-state index in [9.17, 15) is 4.79 Å². The molecule has 2 rings (SSSR count). The molecule has 5 heteroatoms. The molecule has 0 aliphatic heterocycles. The third-order valence-corrected chi connectivity index (χ3v) is 3.24. The van der Waals surface area contributed by atoms with Crippen molar-refractivity contribution in [1.82, 2.24) is 0 Å². The lowest BCUT2D eigenvalue weighted by Gasteiger charge is -2.10. The molecule has 0 saturated carbocycles. The zero-order valence-electron chi connectivity index (χ0n) is 11.0. The number of halogens is 1. The van der Waals surface area contributed by atoms with E-state index in [4.69, 9.17) is 10.5 Å². The van der Waals surface area contributed by atoms with Gasteiger partial charge in [-0.2, -0.15) is 0 Å². The lowest BCUT2D eigenvalue weighted by atomic mass is 10.1. The molecule has 0 bridgehead atoms. The summed E-state index contributed by atoms with van der Waals surface area (Å²) < 4.78 is 6.09. The summed E-state index contributed by atoms with van der Waals surface area (Å²) >= 11 is 3.37. The number of rotatable bonds is 4. The predicted octanol–water partition coefficient (Wildman–Crippen LogP) is 3.22. The number of nitrogens with two attached hydrogens (primary N) is 1. The van der Waals surface area contributed by atoms with E-state index in [0.29, 0.717) is 17.1 Å². The van der Waals surface area contributed by atoms with Gasteiger partial charge in [-0.25, -0.2) is 0 Å². The Morgan fingerprint density at radius 1 is 1.30 bits per heavy atom. The van der Waals surface area contributed by atoms with Gasteiger partial charge in [0, 0.05) is 10.2 Å². The lowest BCUT2D eigenvalue weighted by Crippen LogP contribution is -2.15. The van der Waals surface area contributed by atoms with Crippen LogP contribution in [0.5, 0.6) is 5.75 Å². The summed E-state index contributed by atoms with van der Waals surface area (Å²) in [5.74, 6) is 0.501. The van der Waals surface area contributed by atoms with Crippen molar-refractivity contribution in [2.24, 2.45) is 0 Å². The van der Waals surface area contributed by atoms with Crippen molar-refractivity contribution in [3.63, 3.8) is 0 Å². The summed E-state index contributed by atoms with van der Waals surface area (Å²) in [6.45, 7) is 0. The van der Waals surface area contributed by atoms with Crippen LogP contribution in [0.3, 0.4) is 0 Å². The molecule has 0 saturated heterocycles. The first-order chi connectivity index (χ1) is 9.58. The molecule has 0 aliphatic rings. The first-order valence-corrected chi connectivity index (χ1v) is 6.85. The van der Waals surface area contributed by atoms with Crippen LogP contribution in [0.4, 0.5) is 11.4 Å². The van der Waals surface area contributed by atoms with E-state index in [0.717, 1.165) is 10.0 Å². The lowest BCUT2D eigenvalue weighted by molar-refractivity contribution is -0.115. The van der Waals surface area contributed by atoms with E-state index in [1.54, 1.807) is 31.4 Å². The molecule has 2 aromatic rings. The van der Waals surface area contributed by atoms with Crippen molar-refractivity contribution in [2.75, 3.05) is 18.2 Å². The average molecular weight is 335 g/mol. The monoisotopic (exact) mass is 334 g/mol. The van der Waals surface area contributed by atoms with E-state index >= 15 is 0 Å². The van der Waals surface area contributed by atoms with Crippen molar-refractivity contribution < 1.29 is 9.53 Å². The average Bonchev–Trinajstić information content (AvgIpc) is 2.38. The maximum atomic E-state index is 12.0. The largest absolute Gasteiger partial charge is 0.495 e. The third kappa shape index (κ3) is 3.74. The van der Waals surface area contributed by atoms with E-state index in [-0.39, 0.29) is 12.3 Å². The predicted molar refractivity (Wildman–Crippen MR) is 83.9 cm³/mol. The van der Waals surface area contributed by atoms with Gasteiger partial charge in [0.15, 0.2) is 0 Å². The summed E-state index contributed by atoms with van der Waals surface area (Å²) in [5, 5.41) is 2.84. The van der Waals surface area contributed by atoms with Crippen LogP contribution in [0.15, 0.2) is 46.9 Å². The number of carbonyl (C=O) groups excluding carboxylic acids is 1. The zero-order chi connectivity index (χ0) is 14.5. The molecule has 4 nitrogen and oxygen atoms in total. The molecule has 0 aliphatic carbocycles. The number of hydrogen-bond donors (Lipinski definition) is 2. The summed E-state index contributed by atoms with van der Waals surface area (Å²) in [4.78, 5) is 12.0. The smallest absolute Gasteiger partial charge is 0.228 e. The van der Waals surface area contributed by atoms with Gasteiger partial charge in [-0.15, -0.1) is 0 Å². The molecule has 0 fully saturated rings. The Morgan fingerprint density at radius 3 is 2.80 bits per heavy atom. The van der Waals surface area contributed by atoms with E-state index in [2.05, 4.69) is 21.2 Å². The van der Waals surface area contributed by atoms with Crippen LogP contribution in [-0.4, -0.2) is 13.0 Å². The maximum absolute atomic E-state index is 12.0. The first-order valence-electron chi connectivity index (χ1n) is 6.06. The van der Waals surface area contributed by atoms with E-state index in [1.165, 1.54) is 0 Å². The van der Waals surface area contributed by atoms with Crippen LogP contribution < -0.4 is 15.8 Å². The minimum absolute atomic E-state index is 0.119. The van der Waals surface area contributed by atoms with Crippen LogP contribution in [0, 0.1) is 0 Å². The maximum Gasteiger partial charge on any atom is 0.228 e. The number of amides is 1. The van der Waals surface area contributed by atoms with Crippen LogP contribution in [-0.2, 0) is 11.2 Å². The molecule has 104 valence electrons. The van der Waals surface area contributed by atoms with Crippen LogP contribution in [0.25, 0.3) is 0 Å². The fraction of sp³-hybridized carbons (Fsp3) is 0.133. The molecule has 0 aromatic heterocycles. The van der Waals surface area contributed by atoms with Crippen LogP contribution in [0.1, 0.15) is 5.56 Å². The highest BCUT2D eigenvalue weighted by molar-refractivity contribution is 9.10. The topological polar surface area (TPSA) is 64.3 Å². The molecule has 2 aromatic carbocycles. The Balaban J connectivity index is 2.10. The Bertz CT molecular complexity index is 629. The Kier molecular flexibility index (Phi) is 4.63. The fourth-order valence-electron chi connectivity index (χ4n) is 1.86. The molecule has 20 heavy (non-hydrogen) atoms. The number of carbonyl (C=O) groups is 1. The van der Waals surface area contributed by atoms with Gasteiger partial charge in [0.1, 0.15) is 5.75 Å². The highest BCUT2D eigenvalue weighted by Crippen LogP contribution is 2.28. The standard InChI is InChI=1S/C15H15BrN2O2/c1-20-14-6-5-11(16)9-13(14)18-15(19)8-10-3-2-4-12(17)7-10/h2-7,9H,8,17H2,1H3,(H,18,19). The number of nitrogen functional groups attached to an aromatic ring is 1. The van der Waals surface area contributed by atoms with Crippen molar-refractivity contribution in [1.29, 1.82) is 0 Å². The molecule has 0 atom stereocenters. The van der Waals surface area contributed by atoms with Crippen molar-refractivity contribution >= 4 is 33.2 Å². The Morgan fingerprint density at radius 2 is 2.10 bits per heavy atom. The third-order valence-electron chi connectivity index (χ3n) is 2.75. The second-order valence-electron chi connectivity index (χ2n) is 4.31. The fourth-order valence-corrected chi connectivity index (χ4v) is 2.22. The molecule has 0 radical (unpaired) electrons. The van der Waals surface area contributed by atoms with Gasteiger partial charge in [0.05, 0.1) is 19.2 Å². The molecule has 3 N–H and O–H groups in total. The molecule has 0 heterocycles. The number of ether oxygens (including phenoxy) is 1. The van der Waals surface area contributed by atoms with E-state index < -0.39 is 0 Å². The van der Waals surface area contributed by atoms with Gasteiger partial charge in [-0.3, -0.25) is 4.79 Å². The molecular weight excluding hydrogens is 320 g/mol. The minimum Gasteiger partial charge on any atom is -0.495 e. The Hall–Kier alpha value is -2.01. The second-order valence-corrected chi connectivity index (χ2v) is 5.23. The number of methoxy groups -OCH3 is 1. The van der Waals surface area contributed by atoms with Gasteiger partial charge in [0.2, 0.25) is 5.91 Å². The van der Waals surface area contributed by atoms with Gasteiger partial charge in [-0.1, -0.05) is 28.1 Å². The summed E-state index contributed by atoms with van der Waals surface area (Å²) in [6.07, 6.45) is 0.265. The summed E-state index contributed by atoms with van der Waals surface area (Å²) in [6, 6.07) is 12.7. The SMILES string of the molecule is COc1ccc(Br)cc1NC(=O)Cc1cccc(N)c1. The van der Waals surface area contributed by atoms with Gasteiger partial charge in [0.25, 0.3) is 0 Å².